The second-order valence-electron chi connectivity index (χ2n) is 5.52. The smallest absolute Gasteiger partial charge is 0.196 e. The lowest BCUT2D eigenvalue weighted by Crippen LogP contribution is -2.01. The highest BCUT2D eigenvalue weighted by molar-refractivity contribution is 7.24. The van der Waals surface area contributed by atoms with Crippen LogP contribution in [0, 0.1) is 0 Å². The lowest BCUT2D eigenvalue weighted by atomic mass is 10.1. The van der Waals surface area contributed by atoms with E-state index in [4.69, 9.17) is 4.74 Å². The van der Waals surface area contributed by atoms with Crippen molar-refractivity contribution in [2.45, 2.75) is 6.61 Å². The number of ether oxygens (including phenoxy) is 1. The van der Waals surface area contributed by atoms with Crippen LogP contribution in [0.2, 0.25) is 0 Å². The van der Waals surface area contributed by atoms with Crippen molar-refractivity contribution in [1.29, 1.82) is 0 Å². The summed E-state index contributed by atoms with van der Waals surface area (Å²) < 4.78 is 7.47. The lowest BCUT2D eigenvalue weighted by Gasteiger charge is -2.10. The first-order valence-corrected chi connectivity index (χ1v) is 8.39. The third kappa shape index (κ3) is 2.61. The fourth-order valence-corrected chi connectivity index (χ4v) is 3.75. The summed E-state index contributed by atoms with van der Waals surface area (Å²) in [5.74, 6) is 0.371. The molecular formula is C20H14O3S. The highest BCUT2D eigenvalue weighted by Gasteiger charge is 2.11. The van der Waals surface area contributed by atoms with Gasteiger partial charge in [0.25, 0.3) is 0 Å². The van der Waals surface area contributed by atoms with Crippen LogP contribution < -0.4 is 10.2 Å². The zero-order valence-electron chi connectivity index (χ0n) is 12.7. The van der Waals surface area contributed by atoms with E-state index in [0.29, 0.717) is 23.1 Å². The predicted molar refractivity (Wildman–Crippen MR) is 98.0 cm³/mol. The monoisotopic (exact) mass is 334 g/mol. The topological polar surface area (TPSA) is 46.5 Å². The highest BCUT2D eigenvalue weighted by atomic mass is 32.1. The van der Waals surface area contributed by atoms with Crippen LogP contribution in [0.5, 0.6) is 11.5 Å². The molecule has 3 aromatic carbocycles. The fourth-order valence-electron chi connectivity index (χ4n) is 2.67. The number of hydrogen-bond donors (Lipinski definition) is 1. The third-order valence-corrected chi connectivity index (χ3v) is 5.03. The zero-order valence-corrected chi connectivity index (χ0v) is 13.5. The second-order valence-corrected chi connectivity index (χ2v) is 6.60. The maximum Gasteiger partial charge on any atom is 0.196 e. The van der Waals surface area contributed by atoms with E-state index in [1.165, 1.54) is 17.4 Å². The van der Waals surface area contributed by atoms with Crippen molar-refractivity contribution in [3.05, 3.63) is 82.5 Å². The van der Waals surface area contributed by atoms with Crippen LogP contribution in [0.1, 0.15) is 5.56 Å². The van der Waals surface area contributed by atoms with Gasteiger partial charge >= 0.3 is 0 Å². The molecule has 0 amide bonds. The molecule has 4 heteroatoms. The molecule has 0 bridgehead atoms. The number of phenolic OH excluding ortho intramolecular Hbond substituents is 1. The van der Waals surface area contributed by atoms with Gasteiger partial charge in [0.1, 0.15) is 6.61 Å². The molecule has 0 fully saturated rings. The number of phenols is 1. The molecule has 0 unspecified atom stereocenters. The molecular weight excluding hydrogens is 320 g/mol. The van der Waals surface area contributed by atoms with Gasteiger partial charge in [0.2, 0.25) is 0 Å². The molecule has 24 heavy (non-hydrogen) atoms. The number of aromatic hydroxyl groups is 1. The molecule has 0 aliphatic rings. The van der Waals surface area contributed by atoms with Crippen molar-refractivity contribution in [3.63, 3.8) is 0 Å². The maximum absolute atomic E-state index is 12.6. The average Bonchev–Trinajstić information content (AvgIpc) is 2.62. The van der Waals surface area contributed by atoms with E-state index in [1.54, 1.807) is 6.07 Å². The molecule has 0 saturated carbocycles. The summed E-state index contributed by atoms with van der Waals surface area (Å²) in [6.45, 7) is 0.363. The predicted octanol–water partition coefficient (Wildman–Crippen LogP) is 4.70. The molecule has 0 saturated heterocycles. The Morgan fingerprint density at radius 1 is 0.875 bits per heavy atom. The van der Waals surface area contributed by atoms with Crippen molar-refractivity contribution in [3.8, 4) is 11.5 Å². The first kappa shape index (κ1) is 14.7. The minimum absolute atomic E-state index is 0.0157. The van der Waals surface area contributed by atoms with Crippen LogP contribution in [0.3, 0.4) is 0 Å². The minimum atomic E-state index is -0.0655. The molecule has 0 atom stereocenters. The molecule has 1 aromatic heterocycles. The van der Waals surface area contributed by atoms with Crippen LogP contribution in [0.25, 0.3) is 20.2 Å². The van der Waals surface area contributed by atoms with Gasteiger partial charge in [-0.25, -0.2) is 0 Å². The Hall–Kier alpha value is -2.85. The molecule has 1 N–H and O–H groups in total. The van der Waals surface area contributed by atoms with E-state index in [2.05, 4.69) is 0 Å². The minimum Gasteiger partial charge on any atom is -0.504 e. The summed E-state index contributed by atoms with van der Waals surface area (Å²) in [6.07, 6.45) is 0. The van der Waals surface area contributed by atoms with Crippen molar-refractivity contribution in [2.24, 2.45) is 0 Å². The molecule has 0 spiro atoms. The van der Waals surface area contributed by atoms with E-state index < -0.39 is 0 Å². The first-order chi connectivity index (χ1) is 11.7. The lowest BCUT2D eigenvalue weighted by molar-refractivity contribution is 0.289. The second kappa shape index (κ2) is 5.98. The Labute approximate surface area is 142 Å². The van der Waals surface area contributed by atoms with Crippen molar-refractivity contribution in [2.75, 3.05) is 0 Å². The first-order valence-electron chi connectivity index (χ1n) is 7.58. The molecule has 3 nitrogen and oxygen atoms in total. The number of rotatable bonds is 3. The Kier molecular flexibility index (Phi) is 3.67. The molecule has 0 aliphatic heterocycles. The van der Waals surface area contributed by atoms with Gasteiger partial charge in [-0.3, -0.25) is 4.79 Å². The van der Waals surface area contributed by atoms with Gasteiger partial charge < -0.3 is 9.84 Å². The van der Waals surface area contributed by atoms with Crippen LogP contribution in [0.4, 0.5) is 0 Å². The zero-order chi connectivity index (χ0) is 16.5. The van der Waals surface area contributed by atoms with Gasteiger partial charge in [-0.05, 0) is 23.8 Å². The van der Waals surface area contributed by atoms with Crippen molar-refractivity contribution >= 4 is 31.5 Å². The summed E-state index contributed by atoms with van der Waals surface area (Å²) >= 11 is 1.52. The molecule has 4 aromatic rings. The molecule has 118 valence electrons. The fraction of sp³-hybridized carbons (Fsp3) is 0.0500. The van der Waals surface area contributed by atoms with Crippen LogP contribution in [-0.2, 0) is 6.61 Å². The summed E-state index contributed by atoms with van der Waals surface area (Å²) in [5.41, 5.74) is 0.952. The van der Waals surface area contributed by atoms with Crippen LogP contribution in [0.15, 0.2) is 71.5 Å². The Bertz CT molecular complexity index is 1080. The van der Waals surface area contributed by atoms with Crippen molar-refractivity contribution < 1.29 is 9.84 Å². The van der Waals surface area contributed by atoms with Crippen LogP contribution >= 0.6 is 11.3 Å². The van der Waals surface area contributed by atoms with Gasteiger partial charge in [0.05, 0.1) is 0 Å². The molecule has 0 aliphatic carbocycles. The third-order valence-electron chi connectivity index (χ3n) is 3.89. The summed E-state index contributed by atoms with van der Waals surface area (Å²) in [7, 11) is 0. The van der Waals surface area contributed by atoms with Crippen LogP contribution in [-0.4, -0.2) is 5.11 Å². The largest absolute Gasteiger partial charge is 0.504 e. The summed E-state index contributed by atoms with van der Waals surface area (Å²) in [5, 5.41) is 11.4. The molecule has 1 heterocycles. The molecule has 4 rings (SSSR count). The number of hydrogen-bond acceptors (Lipinski definition) is 4. The normalized spacial score (nSPS) is 11.0. The Morgan fingerprint density at radius 2 is 1.62 bits per heavy atom. The maximum atomic E-state index is 12.6. The Morgan fingerprint density at radius 3 is 2.46 bits per heavy atom. The van der Waals surface area contributed by atoms with E-state index in [0.717, 1.165) is 15.0 Å². The van der Waals surface area contributed by atoms with E-state index in [1.807, 2.05) is 54.6 Å². The summed E-state index contributed by atoms with van der Waals surface area (Å²) in [4.78, 5) is 12.6. The van der Waals surface area contributed by atoms with E-state index in [9.17, 15) is 9.90 Å². The van der Waals surface area contributed by atoms with E-state index in [-0.39, 0.29) is 11.2 Å². The summed E-state index contributed by atoms with van der Waals surface area (Å²) in [6, 6.07) is 20.5. The van der Waals surface area contributed by atoms with E-state index >= 15 is 0 Å². The quantitative estimate of drug-likeness (QED) is 0.552. The van der Waals surface area contributed by atoms with Gasteiger partial charge in [-0.15, -0.1) is 11.3 Å². The SMILES string of the molecule is O=c1c2ccccc2sc2cc(OCc3ccccc3)c(O)cc12. The number of fused-ring (bicyclic) bond motifs is 2. The van der Waals surface area contributed by atoms with Gasteiger partial charge in [-0.1, -0.05) is 42.5 Å². The highest BCUT2D eigenvalue weighted by Crippen LogP contribution is 2.34. The van der Waals surface area contributed by atoms with Gasteiger partial charge in [-0.2, -0.15) is 0 Å². The molecule has 0 radical (unpaired) electrons. The van der Waals surface area contributed by atoms with Gasteiger partial charge in [0, 0.05) is 26.2 Å². The average molecular weight is 334 g/mol. The number of benzene rings is 3. The Balaban J connectivity index is 1.79. The standard InChI is InChI=1S/C20H14O3S/c21-16-10-15-19(24-18-9-5-4-8-14(18)20(15)22)11-17(16)23-12-13-6-2-1-3-7-13/h1-11,21H,12H2. The van der Waals surface area contributed by atoms with Gasteiger partial charge in [0.15, 0.2) is 16.9 Å². The van der Waals surface area contributed by atoms with Crippen molar-refractivity contribution in [1.82, 2.24) is 0 Å².